The van der Waals surface area contributed by atoms with E-state index < -0.39 is 57.3 Å². The molecule has 0 bridgehead atoms. The number of halogens is 9. The van der Waals surface area contributed by atoms with Crippen LogP contribution in [0.4, 0.5) is 35.1 Å². The fourth-order valence-electron chi connectivity index (χ4n) is 4.09. The van der Waals surface area contributed by atoms with E-state index in [1.54, 1.807) is 0 Å². The minimum atomic E-state index is -4.45. The highest BCUT2D eigenvalue weighted by Gasteiger charge is 2.41. The number of aryl methyl sites for hydroxylation is 1. The van der Waals surface area contributed by atoms with Crippen LogP contribution in [0.25, 0.3) is 0 Å². The molecule has 0 saturated heterocycles. The van der Waals surface area contributed by atoms with E-state index in [-0.39, 0.29) is 27.8 Å². The van der Waals surface area contributed by atoms with E-state index in [0.717, 1.165) is 55.3 Å². The van der Waals surface area contributed by atoms with Crippen LogP contribution in [0.1, 0.15) is 59.6 Å². The minimum Gasteiger partial charge on any atom is -0.429 e. The summed E-state index contributed by atoms with van der Waals surface area (Å²) < 4.78 is 119. The summed E-state index contributed by atoms with van der Waals surface area (Å²) in [4.78, 5) is 0. The summed E-state index contributed by atoms with van der Waals surface area (Å²) in [5, 5.41) is -0.480. The molecule has 0 aliphatic rings. The Hall–Kier alpha value is -4.47. The molecule has 226 valence electrons. The summed E-state index contributed by atoms with van der Waals surface area (Å²) in [6.45, 7) is 1.95. The van der Waals surface area contributed by atoms with Crippen molar-refractivity contribution in [2.75, 3.05) is 0 Å². The van der Waals surface area contributed by atoms with Gasteiger partial charge in [0.05, 0.1) is 16.1 Å². The van der Waals surface area contributed by atoms with Crippen LogP contribution in [0, 0.1) is 58.6 Å². The molecule has 0 aromatic heterocycles. The lowest BCUT2D eigenvalue weighted by molar-refractivity contribution is -0.189. The molecule has 0 fully saturated rings. The molecule has 44 heavy (non-hydrogen) atoms. The van der Waals surface area contributed by atoms with Gasteiger partial charge in [-0.2, -0.15) is 8.78 Å². The Morgan fingerprint density at radius 3 is 1.84 bits per heavy atom. The van der Waals surface area contributed by atoms with Gasteiger partial charge in [-0.1, -0.05) is 55.0 Å². The van der Waals surface area contributed by atoms with Crippen molar-refractivity contribution < 1.29 is 39.9 Å². The molecule has 0 aliphatic heterocycles. The van der Waals surface area contributed by atoms with Crippen molar-refractivity contribution in [2.45, 2.75) is 38.7 Å². The van der Waals surface area contributed by atoms with Gasteiger partial charge in [0.15, 0.2) is 11.6 Å². The van der Waals surface area contributed by atoms with E-state index >= 15 is 0 Å². The van der Waals surface area contributed by atoms with E-state index in [9.17, 15) is 35.1 Å². The van der Waals surface area contributed by atoms with Gasteiger partial charge in [0, 0.05) is 17.2 Å². The molecule has 0 saturated carbocycles. The Labute approximate surface area is 253 Å². The highest BCUT2D eigenvalue weighted by molar-refractivity contribution is 6.30. The molecular weight excluding hydrogens is 612 g/mol. The molecule has 0 unspecified atom stereocenters. The van der Waals surface area contributed by atoms with Gasteiger partial charge in [0.1, 0.15) is 34.6 Å². The Kier molecular flexibility index (Phi) is 10.2. The molecule has 0 heterocycles. The maximum absolute atomic E-state index is 14.7. The second kappa shape index (κ2) is 13.9. The molecule has 0 N–H and O–H groups in total. The number of rotatable bonds is 7. The van der Waals surface area contributed by atoms with Crippen molar-refractivity contribution in [1.29, 1.82) is 0 Å². The van der Waals surface area contributed by atoms with E-state index in [0.29, 0.717) is 18.9 Å². The van der Waals surface area contributed by atoms with E-state index in [1.165, 1.54) is 12.1 Å². The summed E-state index contributed by atoms with van der Waals surface area (Å²) in [7, 11) is 0. The van der Waals surface area contributed by atoms with Crippen LogP contribution >= 0.6 is 11.6 Å². The van der Waals surface area contributed by atoms with Crippen LogP contribution in [0.5, 0.6) is 5.75 Å². The fraction of sp³-hybridized carbons (Fsp3) is 0.176. The van der Waals surface area contributed by atoms with Gasteiger partial charge < -0.3 is 4.74 Å². The second-order valence-corrected chi connectivity index (χ2v) is 10.0. The summed E-state index contributed by atoms with van der Waals surface area (Å²) in [5.74, 6) is 1.90. The van der Waals surface area contributed by atoms with Crippen molar-refractivity contribution in [3.8, 4) is 29.4 Å². The number of alkyl halides is 2. The van der Waals surface area contributed by atoms with Gasteiger partial charge >= 0.3 is 6.11 Å². The fourth-order valence-corrected chi connectivity index (χ4v) is 4.30. The van der Waals surface area contributed by atoms with Crippen molar-refractivity contribution in [3.05, 3.63) is 134 Å². The highest BCUT2D eigenvalue weighted by Crippen LogP contribution is 2.36. The van der Waals surface area contributed by atoms with Crippen molar-refractivity contribution in [3.63, 3.8) is 0 Å². The average molecular weight is 633 g/mol. The Morgan fingerprint density at radius 1 is 0.659 bits per heavy atom. The lowest BCUT2D eigenvalue weighted by Crippen LogP contribution is -2.25. The summed E-state index contributed by atoms with van der Waals surface area (Å²) in [6.07, 6.45) is -1.80. The van der Waals surface area contributed by atoms with Gasteiger partial charge in [0.2, 0.25) is 0 Å². The first-order chi connectivity index (χ1) is 20.9. The number of hydrogen-bond donors (Lipinski definition) is 0. The maximum atomic E-state index is 14.7. The van der Waals surface area contributed by atoms with Gasteiger partial charge in [-0.25, -0.2) is 26.3 Å². The first-order valence-corrected chi connectivity index (χ1v) is 13.6. The molecule has 1 nitrogen and oxygen atoms in total. The zero-order valence-corrected chi connectivity index (χ0v) is 23.7. The molecule has 0 atom stereocenters. The van der Waals surface area contributed by atoms with Gasteiger partial charge in [-0.15, -0.1) is 0 Å². The van der Waals surface area contributed by atoms with Crippen molar-refractivity contribution >= 4 is 11.6 Å². The smallest absolute Gasteiger partial charge is 0.429 e. The molecule has 0 amide bonds. The van der Waals surface area contributed by atoms with Crippen LogP contribution in [0.3, 0.4) is 0 Å². The number of unbranched alkanes of at least 4 members (excludes halogenated alkanes) is 2. The number of hydrogen-bond acceptors (Lipinski definition) is 1. The quantitative estimate of drug-likeness (QED) is 0.0853. The van der Waals surface area contributed by atoms with Crippen molar-refractivity contribution in [2.24, 2.45) is 0 Å². The van der Waals surface area contributed by atoms with Crippen LogP contribution in [-0.2, 0) is 12.5 Å². The molecule has 4 rings (SSSR count). The molecule has 4 aromatic rings. The summed E-state index contributed by atoms with van der Waals surface area (Å²) in [6, 6.07) is 9.72. The predicted molar refractivity (Wildman–Crippen MR) is 150 cm³/mol. The Bertz CT molecular complexity index is 1780. The van der Waals surface area contributed by atoms with Gasteiger partial charge in [-0.3, -0.25) is 0 Å². The lowest BCUT2D eigenvalue weighted by Gasteiger charge is -2.20. The third-order valence-electron chi connectivity index (χ3n) is 6.28. The Morgan fingerprint density at radius 2 is 1.25 bits per heavy atom. The monoisotopic (exact) mass is 632 g/mol. The third kappa shape index (κ3) is 7.92. The van der Waals surface area contributed by atoms with E-state index in [1.807, 2.05) is 6.92 Å². The standard InChI is InChI=1S/C34H21ClF8O/c1-2-3-4-5-21-16-29(38)32(30(39)17-21)34(42,43)44-25-13-12-24(28(37)19-25)10-7-20-6-9-23(27(36)15-20)11-8-22-14-26(35)33(41)31(40)18-22/h6,9,12-19H,2-5H2,1H3. The first kappa shape index (κ1) is 32.4. The highest BCUT2D eigenvalue weighted by atomic mass is 35.5. The SMILES string of the molecule is CCCCCc1cc(F)c(C(F)(F)Oc2ccc(C#Cc3ccc(C#Cc4cc(F)c(F)c(Cl)c4)c(F)c3)c(F)c2)c(F)c1. The number of benzene rings is 4. The van der Waals surface area contributed by atoms with Crippen molar-refractivity contribution in [1.82, 2.24) is 0 Å². The minimum absolute atomic E-state index is 0.0174. The second-order valence-electron chi connectivity index (χ2n) is 9.60. The largest absolute Gasteiger partial charge is 0.432 e. The molecule has 0 radical (unpaired) electrons. The number of ether oxygens (including phenoxy) is 1. The summed E-state index contributed by atoms with van der Waals surface area (Å²) >= 11 is 5.58. The first-order valence-electron chi connectivity index (χ1n) is 13.2. The third-order valence-corrected chi connectivity index (χ3v) is 6.56. The van der Waals surface area contributed by atoms with Crippen LogP contribution in [-0.4, -0.2) is 0 Å². The molecule has 0 spiro atoms. The molecular formula is C34H21ClF8O. The summed E-state index contributed by atoms with van der Waals surface area (Å²) in [5.41, 5.74) is -1.58. The van der Waals surface area contributed by atoms with E-state index in [2.05, 4.69) is 28.4 Å². The molecule has 4 aromatic carbocycles. The topological polar surface area (TPSA) is 9.23 Å². The van der Waals surface area contributed by atoms with Gasteiger partial charge in [0.25, 0.3) is 0 Å². The van der Waals surface area contributed by atoms with Crippen LogP contribution < -0.4 is 4.74 Å². The predicted octanol–water partition coefficient (Wildman–Crippen LogP) is 9.84. The average Bonchev–Trinajstić information content (AvgIpc) is 2.94. The Balaban J connectivity index is 1.48. The maximum Gasteiger partial charge on any atom is 0.432 e. The van der Waals surface area contributed by atoms with E-state index in [4.69, 9.17) is 11.6 Å². The van der Waals surface area contributed by atoms with Crippen LogP contribution in [0.15, 0.2) is 60.7 Å². The molecule has 0 aliphatic carbocycles. The molecule has 10 heteroatoms. The van der Waals surface area contributed by atoms with Gasteiger partial charge in [-0.05, 0) is 73.0 Å². The zero-order chi connectivity index (χ0) is 32.0. The normalized spacial score (nSPS) is 11.0. The zero-order valence-electron chi connectivity index (χ0n) is 22.9. The lowest BCUT2D eigenvalue weighted by atomic mass is 10.0. The van der Waals surface area contributed by atoms with Crippen LogP contribution in [0.2, 0.25) is 5.02 Å².